The zero-order valence-corrected chi connectivity index (χ0v) is 14.4. The first-order valence-corrected chi connectivity index (χ1v) is 8.43. The molecule has 0 radical (unpaired) electrons. The summed E-state index contributed by atoms with van der Waals surface area (Å²) in [5.41, 5.74) is 3.73. The fraction of sp³-hybridized carbons (Fsp3) is 0.105. The SMILES string of the molecule is CCn1cc(-c2ccnc(Nc3ccccc3)n2)c2ccnc(Cl)c21. The molecule has 0 spiro atoms. The summed E-state index contributed by atoms with van der Waals surface area (Å²) in [4.78, 5) is 13.2. The molecule has 124 valence electrons. The Bertz CT molecular complexity index is 1030. The molecule has 1 N–H and O–H groups in total. The molecule has 25 heavy (non-hydrogen) atoms. The number of fused-ring (bicyclic) bond motifs is 1. The minimum Gasteiger partial charge on any atom is -0.345 e. The van der Waals surface area contributed by atoms with Crippen molar-refractivity contribution in [1.29, 1.82) is 0 Å². The van der Waals surface area contributed by atoms with E-state index in [2.05, 4.69) is 38.0 Å². The Balaban J connectivity index is 1.79. The molecule has 3 aromatic heterocycles. The van der Waals surface area contributed by atoms with Crippen molar-refractivity contribution in [3.05, 3.63) is 66.2 Å². The monoisotopic (exact) mass is 349 g/mol. The molecule has 0 aliphatic rings. The van der Waals surface area contributed by atoms with E-state index in [9.17, 15) is 0 Å². The lowest BCUT2D eigenvalue weighted by atomic mass is 10.1. The van der Waals surface area contributed by atoms with Gasteiger partial charge in [0.15, 0.2) is 5.15 Å². The number of nitrogens with zero attached hydrogens (tertiary/aromatic N) is 4. The molecule has 0 atom stereocenters. The van der Waals surface area contributed by atoms with Gasteiger partial charge in [-0.1, -0.05) is 29.8 Å². The molecule has 6 heteroatoms. The molecule has 3 heterocycles. The number of rotatable bonds is 4. The molecule has 4 rings (SSSR count). The Morgan fingerprint density at radius 1 is 1.04 bits per heavy atom. The summed E-state index contributed by atoms with van der Waals surface area (Å²) in [6.45, 7) is 2.89. The molecule has 0 unspecified atom stereocenters. The zero-order chi connectivity index (χ0) is 17.2. The van der Waals surface area contributed by atoms with Crippen molar-refractivity contribution in [2.75, 3.05) is 5.32 Å². The summed E-state index contributed by atoms with van der Waals surface area (Å²) in [6.07, 6.45) is 5.54. The van der Waals surface area contributed by atoms with E-state index in [4.69, 9.17) is 11.6 Å². The Kier molecular flexibility index (Phi) is 4.07. The molecule has 1 aromatic carbocycles. The van der Waals surface area contributed by atoms with E-state index < -0.39 is 0 Å². The number of hydrogen-bond donors (Lipinski definition) is 1. The van der Waals surface area contributed by atoms with Crippen LogP contribution in [0.25, 0.3) is 22.2 Å². The number of hydrogen-bond acceptors (Lipinski definition) is 4. The van der Waals surface area contributed by atoms with E-state index in [0.717, 1.165) is 34.4 Å². The summed E-state index contributed by atoms with van der Waals surface area (Å²) in [5.74, 6) is 0.557. The third-order valence-corrected chi connectivity index (χ3v) is 4.32. The number of halogens is 1. The highest BCUT2D eigenvalue weighted by Gasteiger charge is 2.14. The third kappa shape index (κ3) is 2.94. The Hall–Kier alpha value is -2.92. The van der Waals surface area contributed by atoms with Crippen LogP contribution in [0.1, 0.15) is 6.92 Å². The largest absolute Gasteiger partial charge is 0.345 e. The third-order valence-electron chi connectivity index (χ3n) is 4.04. The second-order valence-corrected chi connectivity index (χ2v) is 5.94. The Labute approximate surface area is 150 Å². The maximum Gasteiger partial charge on any atom is 0.227 e. The number of anilines is 2. The van der Waals surface area contributed by atoms with E-state index >= 15 is 0 Å². The fourth-order valence-electron chi connectivity index (χ4n) is 2.88. The highest BCUT2D eigenvalue weighted by molar-refractivity contribution is 6.34. The zero-order valence-electron chi connectivity index (χ0n) is 13.6. The van der Waals surface area contributed by atoms with E-state index in [1.807, 2.05) is 42.5 Å². The summed E-state index contributed by atoms with van der Waals surface area (Å²) in [5, 5.41) is 4.76. The van der Waals surface area contributed by atoms with Gasteiger partial charge in [-0.15, -0.1) is 0 Å². The van der Waals surface area contributed by atoms with E-state index in [-0.39, 0.29) is 0 Å². The number of aryl methyl sites for hydroxylation is 1. The molecule has 0 bridgehead atoms. The molecule has 0 aliphatic carbocycles. The lowest BCUT2D eigenvalue weighted by Gasteiger charge is -2.06. The quantitative estimate of drug-likeness (QED) is 0.532. The minimum absolute atomic E-state index is 0.502. The van der Waals surface area contributed by atoms with Gasteiger partial charge in [0.05, 0.1) is 11.2 Å². The first-order chi connectivity index (χ1) is 12.3. The van der Waals surface area contributed by atoms with Crippen molar-refractivity contribution >= 4 is 34.1 Å². The van der Waals surface area contributed by atoms with Crippen LogP contribution in [0.5, 0.6) is 0 Å². The van der Waals surface area contributed by atoms with E-state index in [1.165, 1.54) is 0 Å². The van der Waals surface area contributed by atoms with Crippen molar-refractivity contribution in [2.45, 2.75) is 13.5 Å². The molecule has 5 nitrogen and oxygen atoms in total. The molecule has 0 saturated heterocycles. The van der Waals surface area contributed by atoms with Gasteiger partial charge in [-0.2, -0.15) is 0 Å². The molecule has 0 saturated carbocycles. The van der Waals surface area contributed by atoms with Gasteiger partial charge < -0.3 is 9.88 Å². The first kappa shape index (κ1) is 15.6. The number of pyridine rings is 1. The van der Waals surface area contributed by atoms with Gasteiger partial charge in [-0.25, -0.2) is 15.0 Å². The highest BCUT2D eigenvalue weighted by Crippen LogP contribution is 2.32. The minimum atomic E-state index is 0.502. The number of aromatic nitrogens is 4. The highest BCUT2D eigenvalue weighted by atomic mass is 35.5. The van der Waals surface area contributed by atoms with Gasteiger partial charge in [0.25, 0.3) is 0 Å². The second-order valence-electron chi connectivity index (χ2n) is 5.58. The average molecular weight is 350 g/mol. The predicted molar refractivity (Wildman–Crippen MR) is 101 cm³/mol. The summed E-state index contributed by atoms with van der Waals surface area (Å²) in [6, 6.07) is 13.7. The van der Waals surface area contributed by atoms with E-state index in [0.29, 0.717) is 11.1 Å². The van der Waals surface area contributed by atoms with Gasteiger partial charge in [0.2, 0.25) is 5.95 Å². The number of nitrogens with one attached hydrogen (secondary N) is 1. The molecular weight excluding hydrogens is 334 g/mol. The smallest absolute Gasteiger partial charge is 0.227 e. The average Bonchev–Trinajstić information content (AvgIpc) is 3.03. The van der Waals surface area contributed by atoms with Crippen molar-refractivity contribution in [3.63, 3.8) is 0 Å². The van der Waals surface area contributed by atoms with Gasteiger partial charge in [-0.05, 0) is 31.2 Å². The van der Waals surface area contributed by atoms with Crippen molar-refractivity contribution in [3.8, 4) is 11.3 Å². The Morgan fingerprint density at radius 2 is 1.84 bits per heavy atom. The van der Waals surface area contributed by atoms with Crippen LogP contribution < -0.4 is 5.32 Å². The first-order valence-electron chi connectivity index (χ1n) is 8.05. The van der Waals surface area contributed by atoms with Gasteiger partial charge in [-0.3, -0.25) is 0 Å². The fourth-order valence-corrected chi connectivity index (χ4v) is 3.15. The lowest BCUT2D eigenvalue weighted by Crippen LogP contribution is -1.97. The second kappa shape index (κ2) is 6.53. The summed E-state index contributed by atoms with van der Waals surface area (Å²) in [7, 11) is 0. The molecule has 4 aromatic rings. The number of para-hydroxylation sites is 1. The van der Waals surface area contributed by atoms with Gasteiger partial charge in [0, 0.05) is 41.8 Å². The van der Waals surface area contributed by atoms with Gasteiger partial charge in [0.1, 0.15) is 0 Å². The number of benzene rings is 1. The van der Waals surface area contributed by atoms with Crippen LogP contribution in [0.4, 0.5) is 11.6 Å². The van der Waals surface area contributed by atoms with Crippen LogP contribution in [-0.4, -0.2) is 19.5 Å². The molecule has 0 aliphatic heterocycles. The lowest BCUT2D eigenvalue weighted by molar-refractivity contribution is 0.796. The topological polar surface area (TPSA) is 55.6 Å². The maximum absolute atomic E-state index is 6.30. The van der Waals surface area contributed by atoms with Crippen LogP contribution in [0.3, 0.4) is 0 Å². The molecular formula is C19H16ClN5. The standard InChI is InChI=1S/C19H16ClN5/c1-2-25-12-15(14-8-10-21-18(20)17(14)25)16-9-11-22-19(24-16)23-13-6-4-3-5-7-13/h3-12H,2H2,1H3,(H,22,23,24). The molecule has 0 amide bonds. The van der Waals surface area contributed by atoms with Crippen molar-refractivity contribution < 1.29 is 0 Å². The van der Waals surface area contributed by atoms with Gasteiger partial charge >= 0.3 is 0 Å². The normalized spacial score (nSPS) is 11.0. The van der Waals surface area contributed by atoms with Crippen molar-refractivity contribution in [1.82, 2.24) is 19.5 Å². The van der Waals surface area contributed by atoms with Crippen molar-refractivity contribution in [2.24, 2.45) is 0 Å². The molecule has 0 fully saturated rings. The Morgan fingerprint density at radius 3 is 2.64 bits per heavy atom. The summed E-state index contributed by atoms with van der Waals surface area (Å²) < 4.78 is 2.09. The predicted octanol–water partition coefficient (Wildman–Crippen LogP) is 4.91. The van der Waals surface area contributed by atoms with Crippen LogP contribution in [0.2, 0.25) is 5.15 Å². The van der Waals surface area contributed by atoms with E-state index in [1.54, 1.807) is 12.4 Å². The van der Waals surface area contributed by atoms with Crippen LogP contribution in [0, 0.1) is 0 Å². The van der Waals surface area contributed by atoms with Crippen LogP contribution in [0.15, 0.2) is 61.1 Å². The summed E-state index contributed by atoms with van der Waals surface area (Å²) >= 11 is 6.30. The van der Waals surface area contributed by atoms with Crippen LogP contribution >= 0.6 is 11.6 Å². The maximum atomic E-state index is 6.30. The van der Waals surface area contributed by atoms with Crippen LogP contribution in [-0.2, 0) is 6.54 Å².